The Hall–Kier alpha value is -0.390. The summed E-state index contributed by atoms with van der Waals surface area (Å²) in [6.45, 7) is 0. The smallest absolute Gasteiger partial charge is 0.0295 e. The van der Waals surface area contributed by atoms with Crippen LogP contribution >= 0.6 is 28.6 Å². The van der Waals surface area contributed by atoms with Gasteiger partial charge in [-0.1, -0.05) is 46.0 Å². The maximum atomic E-state index is 4.10. The third kappa shape index (κ3) is 3.46. The molecule has 1 rings (SSSR count). The van der Waals surface area contributed by atoms with Gasteiger partial charge in [-0.2, -0.15) is 12.6 Å². The normalized spacial score (nSPS) is 9.08. The van der Waals surface area contributed by atoms with E-state index in [1.54, 1.807) is 0 Å². The van der Waals surface area contributed by atoms with Crippen LogP contribution in [0, 0.1) is 11.8 Å². The van der Waals surface area contributed by atoms with Crippen LogP contribution in [0.5, 0.6) is 0 Å². The van der Waals surface area contributed by atoms with E-state index in [-0.39, 0.29) is 0 Å². The molecule has 0 amide bonds. The molecule has 0 aliphatic rings. The van der Waals surface area contributed by atoms with Crippen LogP contribution in [0.4, 0.5) is 0 Å². The fourth-order valence-electron chi connectivity index (χ4n) is 0.972. The Balaban J connectivity index is 2.82. The van der Waals surface area contributed by atoms with E-state index in [0.717, 1.165) is 23.1 Å². The summed E-state index contributed by atoms with van der Waals surface area (Å²) >= 11 is 7.54. The van der Waals surface area contributed by atoms with Crippen molar-refractivity contribution in [1.29, 1.82) is 0 Å². The minimum atomic E-state index is 0.823. The van der Waals surface area contributed by atoms with Gasteiger partial charge in [0.15, 0.2) is 0 Å². The predicted octanol–water partition coefficient (Wildman–Crippen LogP) is 3.25. The van der Waals surface area contributed by atoms with Gasteiger partial charge in [0.2, 0.25) is 0 Å². The Labute approximate surface area is 93.3 Å². The van der Waals surface area contributed by atoms with E-state index in [4.69, 9.17) is 0 Å². The Bertz CT molecular complexity index is 322. The maximum Gasteiger partial charge on any atom is 0.0295 e. The highest BCUT2D eigenvalue weighted by Crippen LogP contribution is 2.10. The third-order valence-corrected chi connectivity index (χ3v) is 2.45. The number of hydrogen-bond donors (Lipinski definition) is 1. The van der Waals surface area contributed by atoms with Crippen LogP contribution in [0.3, 0.4) is 0 Å². The number of rotatable bonds is 2. The zero-order chi connectivity index (χ0) is 9.52. The summed E-state index contributed by atoms with van der Waals surface area (Å²) in [5.41, 5.74) is 2.36. The van der Waals surface area contributed by atoms with Gasteiger partial charge in [0.1, 0.15) is 0 Å². The largest absolute Gasteiger partial charge is 0.178 e. The van der Waals surface area contributed by atoms with Crippen molar-refractivity contribution in [3.63, 3.8) is 0 Å². The van der Waals surface area contributed by atoms with Crippen molar-refractivity contribution in [2.45, 2.75) is 11.8 Å². The molecular weight excluding hydrogens is 244 g/mol. The number of halogens is 1. The minimum absolute atomic E-state index is 0.823. The van der Waals surface area contributed by atoms with Crippen LogP contribution in [0.25, 0.3) is 0 Å². The molecular formula is C11H11BrS. The van der Waals surface area contributed by atoms with Crippen molar-refractivity contribution in [3.05, 3.63) is 35.4 Å². The molecule has 0 spiro atoms. The lowest BCUT2D eigenvalue weighted by molar-refractivity contribution is 1.31. The van der Waals surface area contributed by atoms with E-state index in [2.05, 4.69) is 46.5 Å². The second kappa shape index (κ2) is 6.12. The van der Waals surface area contributed by atoms with E-state index < -0.39 is 0 Å². The summed E-state index contributed by atoms with van der Waals surface area (Å²) in [4.78, 5) is 0. The van der Waals surface area contributed by atoms with Crippen LogP contribution in [0.2, 0.25) is 0 Å². The van der Waals surface area contributed by atoms with E-state index in [1.165, 1.54) is 5.56 Å². The third-order valence-electron chi connectivity index (χ3n) is 1.62. The van der Waals surface area contributed by atoms with Crippen LogP contribution in [-0.2, 0) is 5.33 Å². The minimum Gasteiger partial charge on any atom is -0.178 e. The average molecular weight is 255 g/mol. The number of hydrogen-bond acceptors (Lipinski definition) is 1. The van der Waals surface area contributed by atoms with Crippen LogP contribution in [-0.4, -0.2) is 5.75 Å². The van der Waals surface area contributed by atoms with Crippen LogP contribution in [0.15, 0.2) is 24.3 Å². The summed E-state index contributed by atoms with van der Waals surface area (Å²) in [6, 6.07) is 8.17. The Morgan fingerprint density at radius 3 is 2.77 bits per heavy atom. The van der Waals surface area contributed by atoms with Crippen molar-refractivity contribution < 1.29 is 0 Å². The molecule has 0 unspecified atom stereocenters. The lowest BCUT2D eigenvalue weighted by Crippen LogP contribution is -1.83. The summed E-state index contributed by atoms with van der Waals surface area (Å²) in [5.74, 6) is 7.04. The first-order chi connectivity index (χ1) is 6.38. The summed E-state index contributed by atoms with van der Waals surface area (Å²) in [5, 5.41) is 0.860. The molecule has 0 fully saturated rings. The molecule has 0 aliphatic carbocycles. The number of thiol groups is 1. The lowest BCUT2D eigenvalue weighted by atomic mass is 10.1. The maximum absolute atomic E-state index is 4.10. The van der Waals surface area contributed by atoms with Gasteiger partial charge < -0.3 is 0 Å². The fourth-order valence-corrected chi connectivity index (χ4v) is 1.57. The summed E-state index contributed by atoms with van der Waals surface area (Å²) < 4.78 is 0. The van der Waals surface area contributed by atoms with E-state index in [1.807, 2.05) is 18.2 Å². The van der Waals surface area contributed by atoms with Crippen molar-refractivity contribution >= 4 is 28.6 Å². The summed E-state index contributed by atoms with van der Waals surface area (Å²) in [7, 11) is 0. The zero-order valence-electron chi connectivity index (χ0n) is 7.26. The molecule has 1 aromatic rings. The molecule has 0 saturated carbocycles. The SMILES string of the molecule is SCCC#Cc1ccccc1CBr. The van der Waals surface area contributed by atoms with Gasteiger partial charge in [0, 0.05) is 23.1 Å². The Morgan fingerprint density at radius 2 is 2.08 bits per heavy atom. The molecule has 13 heavy (non-hydrogen) atoms. The molecule has 0 atom stereocenters. The Morgan fingerprint density at radius 1 is 1.31 bits per heavy atom. The second-order valence-corrected chi connectivity index (χ2v) is 3.57. The molecule has 0 radical (unpaired) electrons. The molecule has 2 heteroatoms. The van der Waals surface area contributed by atoms with Crippen LogP contribution in [0.1, 0.15) is 17.5 Å². The van der Waals surface area contributed by atoms with Gasteiger partial charge in [-0.05, 0) is 11.6 Å². The molecule has 0 N–H and O–H groups in total. The van der Waals surface area contributed by atoms with Gasteiger partial charge >= 0.3 is 0 Å². The molecule has 0 saturated heterocycles. The standard InChI is InChI=1S/C11H11BrS/c12-9-11-7-2-1-5-10(11)6-3-4-8-13/h1-2,5,7,13H,4,8-9H2. The van der Waals surface area contributed by atoms with Gasteiger partial charge in [0.05, 0.1) is 0 Å². The van der Waals surface area contributed by atoms with E-state index in [0.29, 0.717) is 0 Å². The highest BCUT2D eigenvalue weighted by atomic mass is 79.9. The van der Waals surface area contributed by atoms with Gasteiger partial charge in [-0.3, -0.25) is 0 Å². The van der Waals surface area contributed by atoms with Crippen LogP contribution < -0.4 is 0 Å². The van der Waals surface area contributed by atoms with Gasteiger partial charge in [0.25, 0.3) is 0 Å². The molecule has 0 bridgehead atoms. The quantitative estimate of drug-likeness (QED) is 0.468. The predicted molar refractivity (Wildman–Crippen MR) is 64.4 cm³/mol. The van der Waals surface area contributed by atoms with E-state index in [9.17, 15) is 0 Å². The first kappa shape index (κ1) is 10.7. The second-order valence-electron chi connectivity index (χ2n) is 2.57. The summed E-state index contributed by atoms with van der Waals surface area (Å²) in [6.07, 6.45) is 0.847. The van der Waals surface area contributed by atoms with Crippen molar-refractivity contribution in [3.8, 4) is 11.8 Å². The molecule has 1 aromatic carbocycles. The fraction of sp³-hybridized carbons (Fsp3) is 0.273. The molecule has 0 nitrogen and oxygen atoms in total. The monoisotopic (exact) mass is 254 g/mol. The highest BCUT2D eigenvalue weighted by Gasteiger charge is 1.94. The Kier molecular flexibility index (Phi) is 5.03. The lowest BCUT2D eigenvalue weighted by Gasteiger charge is -1.97. The van der Waals surface area contributed by atoms with Crippen molar-refractivity contribution in [2.24, 2.45) is 0 Å². The first-order valence-corrected chi connectivity index (χ1v) is 5.87. The molecule has 0 heterocycles. The molecule has 0 aromatic heterocycles. The number of benzene rings is 1. The number of alkyl halides is 1. The van der Waals surface area contributed by atoms with Gasteiger partial charge in [-0.15, -0.1) is 0 Å². The van der Waals surface area contributed by atoms with Crippen molar-refractivity contribution in [1.82, 2.24) is 0 Å². The average Bonchev–Trinajstić information content (AvgIpc) is 2.19. The topological polar surface area (TPSA) is 0 Å². The first-order valence-electron chi connectivity index (χ1n) is 4.12. The highest BCUT2D eigenvalue weighted by molar-refractivity contribution is 9.08. The molecule has 0 aliphatic heterocycles. The zero-order valence-corrected chi connectivity index (χ0v) is 9.74. The molecule has 68 valence electrons. The van der Waals surface area contributed by atoms with E-state index >= 15 is 0 Å². The van der Waals surface area contributed by atoms with Gasteiger partial charge in [-0.25, -0.2) is 0 Å². The van der Waals surface area contributed by atoms with Crippen molar-refractivity contribution in [2.75, 3.05) is 5.75 Å².